The second-order valence-electron chi connectivity index (χ2n) is 5.56. The van der Waals surface area contributed by atoms with Gasteiger partial charge >= 0.3 is 11.9 Å². The quantitative estimate of drug-likeness (QED) is 0.515. The number of hydrogen-bond donors (Lipinski definition) is 2. The van der Waals surface area contributed by atoms with Crippen molar-refractivity contribution in [3.63, 3.8) is 0 Å². The number of aromatic carboxylic acids is 1. The Bertz CT molecular complexity index is 922. The Kier molecular flexibility index (Phi) is 6.40. The lowest BCUT2D eigenvalue weighted by molar-refractivity contribution is -0.161. The third-order valence-electron chi connectivity index (χ3n) is 3.49. The van der Waals surface area contributed by atoms with Gasteiger partial charge in [0.2, 0.25) is 6.29 Å². The van der Waals surface area contributed by atoms with Crippen LogP contribution in [0, 0.1) is 0 Å². The Morgan fingerprint density at radius 1 is 1.11 bits per heavy atom. The van der Waals surface area contributed by atoms with Crippen LogP contribution in [-0.4, -0.2) is 42.6 Å². The number of hydrogen-bond acceptors (Lipinski definition) is 7. The number of benzene rings is 2. The average molecular weight is 394 g/mol. The molecule has 8 nitrogen and oxygen atoms in total. The van der Waals surface area contributed by atoms with Crippen LogP contribution in [0.15, 0.2) is 53.4 Å². The van der Waals surface area contributed by atoms with Crippen LogP contribution in [0.25, 0.3) is 0 Å². The molecule has 0 amide bonds. The molecule has 2 aromatic carbocycles. The summed E-state index contributed by atoms with van der Waals surface area (Å²) in [5, 5.41) is 18.6. The summed E-state index contributed by atoms with van der Waals surface area (Å²) in [4.78, 5) is 22.3. The molecule has 0 spiro atoms. The number of aromatic hydroxyl groups is 1. The summed E-state index contributed by atoms with van der Waals surface area (Å²) in [6.07, 6.45) is -1.38. The first kappa shape index (κ1) is 20.2. The number of phenols is 1. The first-order valence-electron chi connectivity index (χ1n) is 7.87. The molecule has 0 heterocycles. The fourth-order valence-electron chi connectivity index (χ4n) is 2.24. The summed E-state index contributed by atoms with van der Waals surface area (Å²) in [7, 11) is -3.61. The van der Waals surface area contributed by atoms with Crippen LogP contribution in [0.1, 0.15) is 23.7 Å². The molecule has 0 aromatic heterocycles. The van der Waals surface area contributed by atoms with Gasteiger partial charge < -0.3 is 19.7 Å². The highest BCUT2D eigenvalue weighted by molar-refractivity contribution is 7.91. The van der Waals surface area contributed by atoms with Crippen molar-refractivity contribution in [2.45, 2.75) is 24.5 Å². The molecule has 2 N–H and O–H groups in total. The molecular formula is C18H18O8S. The normalized spacial score (nSPS) is 12.2. The molecule has 2 aromatic rings. The lowest BCUT2D eigenvalue weighted by Gasteiger charge is -2.19. The van der Waals surface area contributed by atoms with Gasteiger partial charge in [-0.25, -0.2) is 13.2 Å². The number of ether oxygens (including phenoxy) is 2. The minimum absolute atomic E-state index is 0.0286. The zero-order valence-corrected chi connectivity index (χ0v) is 15.2. The van der Waals surface area contributed by atoms with Gasteiger partial charge in [-0.2, -0.15) is 0 Å². The number of carbonyl (C=O) groups excluding carboxylic acids is 1. The second kappa shape index (κ2) is 8.54. The van der Waals surface area contributed by atoms with E-state index < -0.39 is 33.8 Å². The number of carbonyl (C=O) groups is 2. The molecule has 0 radical (unpaired) electrons. The van der Waals surface area contributed by atoms with E-state index in [1.165, 1.54) is 18.2 Å². The van der Waals surface area contributed by atoms with Crippen molar-refractivity contribution in [2.24, 2.45) is 0 Å². The average Bonchev–Trinajstić information content (AvgIpc) is 2.60. The first-order valence-corrected chi connectivity index (χ1v) is 9.52. The van der Waals surface area contributed by atoms with Crippen LogP contribution in [0.3, 0.4) is 0 Å². The number of esters is 1. The van der Waals surface area contributed by atoms with Crippen molar-refractivity contribution in [3.05, 3.63) is 54.1 Å². The van der Waals surface area contributed by atoms with Crippen molar-refractivity contribution < 1.29 is 37.7 Å². The lowest BCUT2D eigenvalue weighted by Crippen LogP contribution is -2.26. The fourth-order valence-corrected chi connectivity index (χ4v) is 3.55. The lowest BCUT2D eigenvalue weighted by atomic mass is 10.2. The number of sulfone groups is 1. The van der Waals surface area contributed by atoms with E-state index >= 15 is 0 Å². The number of carboxylic acids is 1. The van der Waals surface area contributed by atoms with Crippen LogP contribution >= 0.6 is 0 Å². The van der Waals surface area contributed by atoms with Crippen molar-refractivity contribution in [1.29, 1.82) is 0 Å². The van der Waals surface area contributed by atoms with Crippen LogP contribution in [0.4, 0.5) is 0 Å². The first-order chi connectivity index (χ1) is 12.7. The Hall–Kier alpha value is -3.07. The third kappa shape index (κ3) is 5.71. The predicted molar refractivity (Wildman–Crippen MR) is 94.4 cm³/mol. The Labute approximate surface area is 155 Å². The summed E-state index contributed by atoms with van der Waals surface area (Å²) in [6, 6.07) is 11.2. The van der Waals surface area contributed by atoms with Gasteiger partial charge in [-0.05, 0) is 24.3 Å². The van der Waals surface area contributed by atoms with Gasteiger partial charge in [0, 0.05) is 19.4 Å². The molecule has 0 bridgehead atoms. The topological polar surface area (TPSA) is 127 Å². The van der Waals surface area contributed by atoms with E-state index in [0.717, 1.165) is 19.1 Å². The van der Waals surface area contributed by atoms with E-state index in [-0.39, 0.29) is 28.4 Å². The van der Waals surface area contributed by atoms with Gasteiger partial charge in [-0.15, -0.1) is 0 Å². The molecule has 144 valence electrons. The van der Waals surface area contributed by atoms with Gasteiger partial charge in [0.15, 0.2) is 9.84 Å². The van der Waals surface area contributed by atoms with Crippen LogP contribution in [-0.2, 0) is 19.4 Å². The van der Waals surface area contributed by atoms with E-state index in [0.29, 0.717) is 0 Å². The van der Waals surface area contributed by atoms with Crippen LogP contribution < -0.4 is 4.74 Å². The van der Waals surface area contributed by atoms with E-state index in [9.17, 15) is 23.1 Å². The van der Waals surface area contributed by atoms with E-state index in [1.54, 1.807) is 18.2 Å². The molecule has 0 fully saturated rings. The Balaban J connectivity index is 2.13. The second-order valence-corrected chi connectivity index (χ2v) is 7.67. The van der Waals surface area contributed by atoms with Crippen LogP contribution in [0.5, 0.6) is 11.5 Å². The van der Waals surface area contributed by atoms with Gasteiger partial charge in [-0.1, -0.05) is 18.2 Å². The zero-order valence-electron chi connectivity index (χ0n) is 14.4. The van der Waals surface area contributed by atoms with Gasteiger partial charge in [-0.3, -0.25) is 4.79 Å². The summed E-state index contributed by atoms with van der Waals surface area (Å²) in [5.74, 6) is -2.83. The highest BCUT2D eigenvalue weighted by Crippen LogP contribution is 2.25. The van der Waals surface area contributed by atoms with E-state index in [4.69, 9.17) is 14.6 Å². The standard InChI is InChI=1S/C18H18O8S/c1-12(19)25-17(9-10-27(23,24)14-5-3-2-4-6-14)26-13-7-8-15(18(21)22)16(20)11-13/h2-8,11,17,20H,9-10H2,1H3,(H,21,22). The van der Waals surface area contributed by atoms with Crippen molar-refractivity contribution in [1.82, 2.24) is 0 Å². The minimum Gasteiger partial charge on any atom is -0.507 e. The van der Waals surface area contributed by atoms with Crippen molar-refractivity contribution >= 4 is 21.8 Å². The molecule has 0 aliphatic carbocycles. The summed E-state index contributed by atoms with van der Waals surface area (Å²) < 4.78 is 35.1. The molecule has 0 saturated carbocycles. The summed E-state index contributed by atoms with van der Waals surface area (Å²) in [5.41, 5.74) is -0.321. The maximum Gasteiger partial charge on any atom is 0.339 e. The summed E-state index contributed by atoms with van der Waals surface area (Å²) in [6.45, 7) is 1.15. The smallest absolute Gasteiger partial charge is 0.339 e. The Morgan fingerprint density at radius 2 is 1.78 bits per heavy atom. The molecule has 1 unspecified atom stereocenters. The molecule has 0 aliphatic heterocycles. The van der Waals surface area contributed by atoms with E-state index in [1.807, 2.05) is 0 Å². The Morgan fingerprint density at radius 3 is 2.33 bits per heavy atom. The largest absolute Gasteiger partial charge is 0.507 e. The van der Waals surface area contributed by atoms with Gasteiger partial charge in [0.05, 0.1) is 10.6 Å². The molecule has 0 aliphatic rings. The molecule has 9 heteroatoms. The molecule has 2 rings (SSSR count). The molecule has 27 heavy (non-hydrogen) atoms. The molecule has 0 saturated heterocycles. The van der Waals surface area contributed by atoms with Crippen molar-refractivity contribution in [3.8, 4) is 11.5 Å². The summed E-state index contributed by atoms with van der Waals surface area (Å²) >= 11 is 0. The SMILES string of the molecule is CC(=O)OC(CCS(=O)(=O)c1ccccc1)Oc1ccc(C(=O)O)c(O)c1. The zero-order chi connectivity index (χ0) is 20.0. The number of rotatable bonds is 8. The van der Waals surface area contributed by atoms with Crippen molar-refractivity contribution in [2.75, 3.05) is 5.75 Å². The molecular weight excluding hydrogens is 376 g/mol. The fraction of sp³-hybridized carbons (Fsp3) is 0.222. The maximum absolute atomic E-state index is 12.3. The highest BCUT2D eigenvalue weighted by atomic mass is 32.2. The van der Waals surface area contributed by atoms with Crippen LogP contribution in [0.2, 0.25) is 0 Å². The van der Waals surface area contributed by atoms with Gasteiger partial charge in [0.1, 0.15) is 17.1 Å². The molecule has 1 atom stereocenters. The monoisotopic (exact) mass is 394 g/mol. The third-order valence-corrected chi connectivity index (χ3v) is 5.25. The van der Waals surface area contributed by atoms with E-state index in [2.05, 4.69) is 0 Å². The maximum atomic E-state index is 12.3. The highest BCUT2D eigenvalue weighted by Gasteiger charge is 2.21. The van der Waals surface area contributed by atoms with Gasteiger partial charge in [0.25, 0.3) is 0 Å². The predicted octanol–water partition coefficient (Wildman–Crippen LogP) is 2.22. The number of carboxylic acid groups (broad SMARTS) is 1. The minimum atomic E-state index is -3.61.